The molecule has 1 aliphatic rings. The van der Waals surface area contributed by atoms with Gasteiger partial charge in [-0.25, -0.2) is 9.97 Å². The minimum absolute atomic E-state index is 0.289. The van der Waals surface area contributed by atoms with Crippen molar-refractivity contribution in [1.29, 1.82) is 0 Å². The monoisotopic (exact) mass is 394 g/mol. The maximum absolute atomic E-state index is 6.38. The molecule has 1 atom stereocenters. The van der Waals surface area contributed by atoms with Crippen molar-refractivity contribution in [2.75, 3.05) is 5.75 Å². The van der Waals surface area contributed by atoms with Gasteiger partial charge in [-0.3, -0.25) is 9.13 Å². The second kappa shape index (κ2) is 6.88. The molecule has 3 aromatic rings. The van der Waals surface area contributed by atoms with Gasteiger partial charge in [0, 0.05) is 45.8 Å². The third-order valence-electron chi connectivity index (χ3n) is 3.60. The summed E-state index contributed by atoms with van der Waals surface area (Å²) in [6.07, 6.45) is 11.0. The number of halogens is 2. The summed E-state index contributed by atoms with van der Waals surface area (Å²) in [5, 5.41) is 1.66. The summed E-state index contributed by atoms with van der Waals surface area (Å²) in [4.78, 5) is 8.33. The number of benzene rings is 1. The van der Waals surface area contributed by atoms with E-state index >= 15 is 0 Å². The van der Waals surface area contributed by atoms with Crippen LogP contribution in [0.25, 0.3) is 0 Å². The topological polar surface area (TPSA) is 35.6 Å². The van der Waals surface area contributed by atoms with Crippen molar-refractivity contribution < 1.29 is 0 Å². The van der Waals surface area contributed by atoms with Crippen LogP contribution in [0, 0.1) is 5.82 Å². The van der Waals surface area contributed by atoms with Crippen LogP contribution in [0.1, 0.15) is 10.8 Å². The van der Waals surface area contributed by atoms with Gasteiger partial charge in [-0.15, -0.1) is 23.5 Å². The van der Waals surface area contributed by atoms with E-state index in [-0.39, 0.29) is 5.25 Å². The minimum Gasteiger partial charge on any atom is -0.290 e. The van der Waals surface area contributed by atoms with E-state index < -0.39 is 0 Å². The first kappa shape index (κ1) is 16.1. The van der Waals surface area contributed by atoms with E-state index in [0.29, 0.717) is 10.0 Å². The van der Waals surface area contributed by atoms with Crippen LogP contribution >= 0.6 is 46.7 Å². The Hall–Kier alpha value is -1.34. The Morgan fingerprint density at radius 3 is 2.38 bits per heavy atom. The number of hydrogen-bond donors (Lipinski definition) is 0. The Morgan fingerprint density at radius 2 is 1.79 bits per heavy atom. The highest BCUT2D eigenvalue weighted by atomic mass is 35.5. The lowest BCUT2D eigenvalue weighted by Gasteiger charge is -2.13. The summed E-state index contributed by atoms with van der Waals surface area (Å²) in [6.45, 7) is 0. The van der Waals surface area contributed by atoms with Gasteiger partial charge in [0.25, 0.3) is 0 Å². The fourth-order valence-electron chi connectivity index (χ4n) is 2.49. The maximum atomic E-state index is 6.38. The first-order chi connectivity index (χ1) is 11.7. The second-order valence-corrected chi connectivity index (χ2v) is 8.48. The van der Waals surface area contributed by atoms with Gasteiger partial charge in [-0.05, 0) is 17.7 Å². The molecule has 24 heavy (non-hydrogen) atoms. The normalized spacial score (nSPS) is 17.4. The fraction of sp³-hybridized carbons (Fsp3) is 0.125. The maximum Gasteiger partial charge on any atom is 0.143 e. The van der Waals surface area contributed by atoms with Crippen LogP contribution in [0.4, 0.5) is 0 Å². The first-order valence-electron chi connectivity index (χ1n) is 7.18. The zero-order valence-electron chi connectivity index (χ0n) is 12.3. The molecule has 3 heterocycles. The molecule has 0 aliphatic carbocycles. The molecule has 2 aromatic heterocycles. The standard InChI is InChI=1S/C16H12Cl2N4S2/c17-11-1-2-12(13(18)7-11)14-8-23-16(24-14)15(21-5-3-19-9-21)22-6-4-20-10-22/h1-7,9-10,14H,8H2/t14-/m0/s1. The third kappa shape index (κ3) is 3.11. The summed E-state index contributed by atoms with van der Waals surface area (Å²) in [5.41, 5.74) is 1.11. The van der Waals surface area contributed by atoms with Crippen molar-refractivity contribution in [1.82, 2.24) is 19.1 Å². The van der Waals surface area contributed by atoms with Crippen LogP contribution in [0.5, 0.6) is 0 Å². The van der Waals surface area contributed by atoms with Gasteiger partial charge in [0.1, 0.15) is 18.5 Å². The predicted molar refractivity (Wildman–Crippen MR) is 101 cm³/mol. The molecule has 0 spiro atoms. The van der Waals surface area contributed by atoms with Gasteiger partial charge in [0.2, 0.25) is 0 Å². The molecular formula is C16H12Cl2N4S2. The Morgan fingerprint density at radius 1 is 1.08 bits per heavy atom. The smallest absolute Gasteiger partial charge is 0.143 e. The van der Waals surface area contributed by atoms with Gasteiger partial charge in [-0.1, -0.05) is 29.3 Å². The van der Waals surface area contributed by atoms with Crippen LogP contribution in [0.2, 0.25) is 10.0 Å². The summed E-state index contributed by atoms with van der Waals surface area (Å²) in [7, 11) is 0. The Balaban J connectivity index is 1.72. The lowest BCUT2D eigenvalue weighted by Crippen LogP contribution is -2.09. The number of hydrogen-bond acceptors (Lipinski definition) is 4. The van der Waals surface area contributed by atoms with E-state index in [0.717, 1.165) is 17.1 Å². The molecule has 0 unspecified atom stereocenters. The van der Waals surface area contributed by atoms with Gasteiger partial charge >= 0.3 is 0 Å². The van der Waals surface area contributed by atoms with Gasteiger partial charge in [0.15, 0.2) is 0 Å². The molecule has 0 amide bonds. The van der Waals surface area contributed by atoms with Crippen LogP contribution in [-0.2, 0) is 0 Å². The zero-order chi connectivity index (χ0) is 16.5. The largest absolute Gasteiger partial charge is 0.290 e. The molecule has 0 bridgehead atoms. The van der Waals surface area contributed by atoms with Crippen molar-refractivity contribution in [3.63, 3.8) is 0 Å². The Bertz CT molecular complexity index is 839. The Labute approximate surface area is 157 Å². The number of thioether (sulfide) groups is 2. The first-order valence-corrected chi connectivity index (χ1v) is 9.80. The zero-order valence-corrected chi connectivity index (χ0v) is 15.5. The summed E-state index contributed by atoms with van der Waals surface area (Å²) >= 11 is 16.0. The Kier molecular flexibility index (Phi) is 4.63. The fourth-order valence-corrected chi connectivity index (χ4v) is 6.13. The average molecular weight is 395 g/mol. The van der Waals surface area contributed by atoms with Gasteiger partial charge < -0.3 is 0 Å². The summed E-state index contributed by atoms with van der Waals surface area (Å²) in [6, 6.07) is 5.71. The SMILES string of the molecule is Clc1ccc([C@@H]2CSC(=C(n3ccnc3)n3ccnc3)S2)c(Cl)c1. The minimum atomic E-state index is 0.289. The van der Waals surface area contributed by atoms with Gasteiger partial charge in [-0.2, -0.15) is 0 Å². The van der Waals surface area contributed by atoms with E-state index in [1.54, 1.807) is 42.9 Å². The molecule has 4 nitrogen and oxygen atoms in total. The van der Waals surface area contributed by atoms with Crippen molar-refractivity contribution >= 4 is 46.7 Å². The van der Waals surface area contributed by atoms with Crippen LogP contribution < -0.4 is 0 Å². The highest BCUT2D eigenvalue weighted by Gasteiger charge is 2.28. The van der Waals surface area contributed by atoms with E-state index in [1.807, 2.05) is 45.4 Å². The van der Waals surface area contributed by atoms with Gasteiger partial charge in [0.05, 0.1) is 4.24 Å². The molecule has 0 radical (unpaired) electrons. The van der Waals surface area contributed by atoms with Crippen molar-refractivity contribution in [2.24, 2.45) is 0 Å². The predicted octanol–water partition coefficient (Wildman–Crippen LogP) is 5.06. The summed E-state index contributed by atoms with van der Waals surface area (Å²) in [5.74, 6) is 1.99. The molecule has 8 heteroatoms. The lowest BCUT2D eigenvalue weighted by molar-refractivity contribution is 0.755. The van der Waals surface area contributed by atoms with E-state index in [4.69, 9.17) is 23.2 Å². The molecule has 0 saturated carbocycles. The third-order valence-corrected chi connectivity index (χ3v) is 7.07. The molecule has 1 aliphatic heterocycles. The van der Waals surface area contributed by atoms with E-state index in [9.17, 15) is 0 Å². The summed E-state index contributed by atoms with van der Waals surface area (Å²) < 4.78 is 5.22. The average Bonchev–Trinajstić information content (AvgIpc) is 3.31. The number of rotatable bonds is 3. The molecule has 1 fully saturated rings. The molecule has 1 saturated heterocycles. The lowest BCUT2D eigenvalue weighted by atomic mass is 10.2. The molecule has 1 aromatic carbocycles. The quantitative estimate of drug-likeness (QED) is 0.621. The van der Waals surface area contributed by atoms with Crippen LogP contribution in [0.3, 0.4) is 0 Å². The number of nitrogens with zero attached hydrogens (tertiary/aromatic N) is 4. The molecule has 4 rings (SSSR count). The molecular weight excluding hydrogens is 383 g/mol. The van der Waals surface area contributed by atoms with E-state index in [1.165, 1.54) is 4.24 Å². The number of imidazole rings is 2. The van der Waals surface area contributed by atoms with Crippen LogP contribution in [-0.4, -0.2) is 24.9 Å². The van der Waals surface area contributed by atoms with Crippen molar-refractivity contribution in [3.05, 3.63) is 81.3 Å². The van der Waals surface area contributed by atoms with Crippen LogP contribution in [0.15, 0.2) is 59.9 Å². The highest BCUT2D eigenvalue weighted by Crippen LogP contribution is 2.52. The number of aromatic nitrogens is 4. The highest BCUT2D eigenvalue weighted by molar-refractivity contribution is 8.25. The van der Waals surface area contributed by atoms with Crippen molar-refractivity contribution in [3.8, 4) is 0 Å². The molecule has 0 N–H and O–H groups in total. The molecule has 122 valence electrons. The van der Waals surface area contributed by atoms with E-state index in [2.05, 4.69) is 9.97 Å². The second-order valence-electron chi connectivity index (χ2n) is 5.13. The van der Waals surface area contributed by atoms with Crippen molar-refractivity contribution in [2.45, 2.75) is 5.25 Å².